The number of anilines is 2. The van der Waals surface area contributed by atoms with E-state index in [2.05, 4.69) is 10.6 Å². The van der Waals surface area contributed by atoms with Crippen LogP contribution in [0, 0.1) is 0 Å². The third-order valence-corrected chi connectivity index (χ3v) is 6.14. The largest absolute Gasteiger partial charge is 0.478 e. The van der Waals surface area contributed by atoms with Crippen LogP contribution >= 0.6 is 22.9 Å². The van der Waals surface area contributed by atoms with Gasteiger partial charge in [-0.05, 0) is 60.2 Å². The van der Waals surface area contributed by atoms with Crippen LogP contribution in [0.15, 0.2) is 84.9 Å². The summed E-state index contributed by atoms with van der Waals surface area (Å²) in [5, 5.41) is 15.4. The third kappa shape index (κ3) is 5.28. The topological polar surface area (TPSA) is 95.5 Å². The van der Waals surface area contributed by atoms with Gasteiger partial charge in [-0.15, -0.1) is 11.3 Å². The number of carboxylic acids is 1. The van der Waals surface area contributed by atoms with Crippen molar-refractivity contribution < 1.29 is 19.5 Å². The Bertz CT molecular complexity index is 1330. The number of nitrogens with one attached hydrogen (secondary N) is 2. The van der Waals surface area contributed by atoms with Gasteiger partial charge in [0.15, 0.2) is 0 Å². The highest BCUT2D eigenvalue weighted by atomic mass is 35.5. The maximum absolute atomic E-state index is 12.8. The Morgan fingerprint density at radius 2 is 1.52 bits per heavy atom. The van der Waals surface area contributed by atoms with Crippen LogP contribution in [-0.2, 0) is 0 Å². The number of thiophene rings is 1. The highest BCUT2D eigenvalue weighted by molar-refractivity contribution is 7.17. The first-order valence-electron chi connectivity index (χ1n) is 9.81. The summed E-state index contributed by atoms with van der Waals surface area (Å²) in [6.07, 6.45) is 0. The van der Waals surface area contributed by atoms with E-state index in [1.807, 2.05) is 36.4 Å². The SMILES string of the molecule is O=C(Nc1ccc(Cl)cc1)c1ccc(C(=O)O)c(NC(=O)c2ccc(-c3ccccc3)s2)c1. The number of carbonyl (C=O) groups excluding carboxylic acids is 2. The molecule has 8 heteroatoms. The van der Waals surface area contributed by atoms with Gasteiger partial charge in [-0.3, -0.25) is 9.59 Å². The van der Waals surface area contributed by atoms with Crippen molar-refractivity contribution in [1.82, 2.24) is 0 Å². The van der Waals surface area contributed by atoms with Gasteiger partial charge in [0.25, 0.3) is 11.8 Å². The first-order valence-corrected chi connectivity index (χ1v) is 11.0. The zero-order valence-electron chi connectivity index (χ0n) is 17.0. The molecule has 0 radical (unpaired) electrons. The van der Waals surface area contributed by atoms with E-state index in [9.17, 15) is 19.5 Å². The summed E-state index contributed by atoms with van der Waals surface area (Å²) in [5.74, 6) is -2.13. The lowest BCUT2D eigenvalue weighted by Crippen LogP contribution is -2.16. The van der Waals surface area contributed by atoms with Crippen molar-refractivity contribution in [3.63, 3.8) is 0 Å². The van der Waals surface area contributed by atoms with Crippen molar-refractivity contribution in [3.8, 4) is 10.4 Å². The number of halogens is 1. The molecule has 1 heterocycles. The first kappa shape index (κ1) is 22.3. The van der Waals surface area contributed by atoms with Crippen LogP contribution < -0.4 is 10.6 Å². The summed E-state index contributed by atoms with van der Waals surface area (Å²) < 4.78 is 0. The van der Waals surface area contributed by atoms with E-state index in [0.717, 1.165) is 10.4 Å². The van der Waals surface area contributed by atoms with E-state index >= 15 is 0 Å². The smallest absolute Gasteiger partial charge is 0.337 e. The fourth-order valence-electron chi connectivity index (χ4n) is 3.11. The molecule has 0 atom stereocenters. The summed E-state index contributed by atoms with van der Waals surface area (Å²) >= 11 is 7.15. The van der Waals surface area contributed by atoms with Crippen LogP contribution in [0.4, 0.5) is 11.4 Å². The number of benzene rings is 3. The molecule has 0 saturated heterocycles. The van der Waals surface area contributed by atoms with Crippen LogP contribution in [-0.4, -0.2) is 22.9 Å². The molecule has 4 aromatic rings. The molecular weight excluding hydrogens is 460 g/mol. The molecule has 33 heavy (non-hydrogen) atoms. The van der Waals surface area contributed by atoms with Gasteiger partial charge < -0.3 is 15.7 Å². The standard InChI is InChI=1S/C25H17ClN2O4S/c26-17-7-9-18(10-8-17)27-23(29)16-6-11-19(25(31)32)20(14-16)28-24(30)22-13-12-21(33-22)15-4-2-1-3-5-15/h1-14H,(H,27,29)(H,28,30)(H,31,32). The number of hydrogen-bond donors (Lipinski definition) is 3. The monoisotopic (exact) mass is 476 g/mol. The summed E-state index contributed by atoms with van der Waals surface area (Å²) in [5.41, 5.74) is 1.62. The van der Waals surface area contributed by atoms with E-state index < -0.39 is 17.8 Å². The van der Waals surface area contributed by atoms with Gasteiger partial charge in [0.05, 0.1) is 16.1 Å². The van der Waals surface area contributed by atoms with Gasteiger partial charge in [-0.2, -0.15) is 0 Å². The zero-order chi connectivity index (χ0) is 23.4. The van der Waals surface area contributed by atoms with Crippen molar-refractivity contribution in [2.24, 2.45) is 0 Å². The molecule has 0 unspecified atom stereocenters. The Labute approximate surface area is 198 Å². The molecule has 0 fully saturated rings. The van der Waals surface area contributed by atoms with Gasteiger partial charge in [0.2, 0.25) is 0 Å². The predicted octanol–water partition coefficient (Wildman–Crippen LogP) is 6.27. The van der Waals surface area contributed by atoms with Crippen LogP contribution in [0.2, 0.25) is 5.02 Å². The molecule has 4 rings (SSSR count). The van der Waals surface area contributed by atoms with Crippen LogP contribution in [0.3, 0.4) is 0 Å². The van der Waals surface area contributed by atoms with E-state index in [0.29, 0.717) is 15.6 Å². The fourth-order valence-corrected chi connectivity index (χ4v) is 4.15. The molecular formula is C25H17ClN2O4S. The molecule has 0 aliphatic carbocycles. The van der Waals surface area contributed by atoms with Crippen molar-refractivity contribution in [3.05, 3.63) is 106 Å². The molecule has 0 saturated carbocycles. The molecule has 3 N–H and O–H groups in total. The van der Waals surface area contributed by atoms with Crippen molar-refractivity contribution >= 4 is 52.1 Å². The number of hydrogen-bond acceptors (Lipinski definition) is 4. The highest BCUT2D eigenvalue weighted by Crippen LogP contribution is 2.29. The van der Waals surface area contributed by atoms with E-state index in [1.54, 1.807) is 30.3 Å². The molecule has 164 valence electrons. The summed E-state index contributed by atoms with van der Waals surface area (Å²) in [6.45, 7) is 0. The van der Waals surface area contributed by atoms with E-state index in [-0.39, 0.29) is 16.8 Å². The average Bonchev–Trinajstić information content (AvgIpc) is 3.31. The maximum Gasteiger partial charge on any atom is 0.337 e. The summed E-state index contributed by atoms with van der Waals surface area (Å²) in [7, 11) is 0. The number of carbonyl (C=O) groups is 3. The van der Waals surface area contributed by atoms with E-state index in [4.69, 9.17) is 11.6 Å². The Hall–Kier alpha value is -3.94. The summed E-state index contributed by atoms with van der Waals surface area (Å²) in [4.78, 5) is 38.5. The van der Waals surface area contributed by atoms with Gasteiger partial charge >= 0.3 is 5.97 Å². The maximum atomic E-state index is 12.8. The molecule has 6 nitrogen and oxygen atoms in total. The Kier molecular flexibility index (Phi) is 6.53. The molecule has 0 spiro atoms. The molecule has 0 bridgehead atoms. The van der Waals surface area contributed by atoms with Crippen LogP contribution in [0.1, 0.15) is 30.4 Å². The van der Waals surface area contributed by atoms with Crippen molar-refractivity contribution in [2.75, 3.05) is 10.6 Å². The second-order valence-corrected chi connectivity index (χ2v) is 8.53. The molecule has 0 aliphatic rings. The van der Waals surface area contributed by atoms with Crippen molar-refractivity contribution in [2.45, 2.75) is 0 Å². The van der Waals surface area contributed by atoms with Gasteiger partial charge in [0, 0.05) is 21.2 Å². The lowest BCUT2D eigenvalue weighted by molar-refractivity contribution is 0.0697. The second-order valence-electron chi connectivity index (χ2n) is 7.01. The minimum absolute atomic E-state index is 0.0333. The van der Waals surface area contributed by atoms with Crippen LogP contribution in [0.25, 0.3) is 10.4 Å². The predicted molar refractivity (Wildman–Crippen MR) is 131 cm³/mol. The number of amides is 2. The molecule has 0 aliphatic heterocycles. The lowest BCUT2D eigenvalue weighted by atomic mass is 10.1. The highest BCUT2D eigenvalue weighted by Gasteiger charge is 2.18. The Balaban J connectivity index is 1.56. The number of aromatic carboxylic acids is 1. The van der Waals surface area contributed by atoms with Gasteiger partial charge in [-0.1, -0.05) is 41.9 Å². The summed E-state index contributed by atoms with van der Waals surface area (Å²) in [6, 6.07) is 23.7. The van der Waals surface area contributed by atoms with Gasteiger partial charge in [-0.25, -0.2) is 4.79 Å². The first-order chi connectivity index (χ1) is 15.9. The lowest BCUT2D eigenvalue weighted by Gasteiger charge is -2.11. The third-order valence-electron chi connectivity index (χ3n) is 4.75. The Morgan fingerprint density at radius 3 is 2.21 bits per heavy atom. The quantitative estimate of drug-likeness (QED) is 0.305. The van der Waals surface area contributed by atoms with Crippen LogP contribution in [0.5, 0.6) is 0 Å². The molecule has 1 aromatic heterocycles. The zero-order valence-corrected chi connectivity index (χ0v) is 18.6. The van der Waals surface area contributed by atoms with Gasteiger partial charge in [0.1, 0.15) is 0 Å². The number of carboxylic acid groups (broad SMARTS) is 1. The normalized spacial score (nSPS) is 10.5. The molecule has 3 aromatic carbocycles. The number of rotatable bonds is 6. The molecule has 2 amide bonds. The fraction of sp³-hybridized carbons (Fsp3) is 0. The minimum Gasteiger partial charge on any atom is -0.478 e. The minimum atomic E-state index is -1.22. The van der Waals surface area contributed by atoms with E-state index in [1.165, 1.54) is 29.5 Å². The second kappa shape index (κ2) is 9.68. The average molecular weight is 477 g/mol. The van der Waals surface area contributed by atoms with Crippen molar-refractivity contribution in [1.29, 1.82) is 0 Å². The Morgan fingerprint density at radius 1 is 0.788 bits per heavy atom.